The van der Waals surface area contributed by atoms with Crippen LogP contribution >= 0.6 is 0 Å². The Kier molecular flexibility index (Phi) is 6.68. The lowest BCUT2D eigenvalue weighted by Crippen LogP contribution is -2.31. The van der Waals surface area contributed by atoms with Crippen LogP contribution in [0, 0.1) is 5.92 Å². The van der Waals surface area contributed by atoms with Crippen molar-refractivity contribution in [3.63, 3.8) is 0 Å². The van der Waals surface area contributed by atoms with Gasteiger partial charge in [-0.2, -0.15) is 0 Å². The van der Waals surface area contributed by atoms with Crippen LogP contribution in [0.1, 0.15) is 27.2 Å². The van der Waals surface area contributed by atoms with Gasteiger partial charge >= 0.3 is 0 Å². The monoisotopic (exact) mass is 312 g/mol. The molecule has 118 valence electrons. The largest absolute Gasteiger partial charge is 0.495 e. The third-order valence-corrected chi connectivity index (χ3v) is 5.29. The summed E-state index contributed by atoms with van der Waals surface area (Å²) >= 11 is 0. The van der Waals surface area contributed by atoms with E-state index in [2.05, 4.69) is 5.32 Å². The second-order valence-electron chi connectivity index (χ2n) is 5.15. The van der Waals surface area contributed by atoms with Crippen LogP contribution in [0.15, 0.2) is 18.2 Å². The molecule has 1 aromatic carbocycles. The van der Waals surface area contributed by atoms with Gasteiger partial charge in [-0.1, -0.05) is 20.3 Å². The lowest BCUT2D eigenvalue weighted by Gasteiger charge is -2.16. The van der Waals surface area contributed by atoms with Crippen LogP contribution in [0.5, 0.6) is 5.75 Å². The fourth-order valence-corrected chi connectivity index (χ4v) is 3.10. The van der Waals surface area contributed by atoms with Gasteiger partial charge in [0.25, 0.3) is 0 Å². The Morgan fingerprint density at radius 3 is 2.67 bits per heavy atom. The van der Waals surface area contributed by atoms with Gasteiger partial charge in [0.15, 0.2) is 0 Å². The first-order valence-electron chi connectivity index (χ1n) is 7.00. The van der Waals surface area contributed by atoms with E-state index in [0.29, 0.717) is 28.8 Å². The summed E-state index contributed by atoms with van der Waals surface area (Å²) in [6, 6.07) is 5.01. The van der Waals surface area contributed by atoms with E-state index in [0.717, 1.165) is 6.42 Å². The van der Waals surface area contributed by atoms with Gasteiger partial charge in [0.1, 0.15) is 11.0 Å². The number of anilines is 2. The van der Waals surface area contributed by atoms with Gasteiger partial charge in [0.05, 0.1) is 12.8 Å². The molecule has 0 radical (unpaired) electrons. The van der Waals surface area contributed by atoms with Crippen LogP contribution in [-0.2, 0) is 15.6 Å². The van der Waals surface area contributed by atoms with Crippen LogP contribution in [0.25, 0.3) is 0 Å². The van der Waals surface area contributed by atoms with Crippen LogP contribution < -0.4 is 15.8 Å². The zero-order valence-electron chi connectivity index (χ0n) is 13.0. The minimum atomic E-state index is -1.20. The van der Waals surface area contributed by atoms with Crippen LogP contribution in [0.2, 0.25) is 0 Å². The zero-order valence-corrected chi connectivity index (χ0v) is 13.8. The molecule has 3 N–H and O–H groups in total. The second kappa shape index (κ2) is 8.02. The van der Waals surface area contributed by atoms with Crippen molar-refractivity contribution in [2.75, 3.05) is 23.9 Å². The number of methoxy groups -OCH3 is 1. The molecule has 6 heteroatoms. The van der Waals surface area contributed by atoms with Gasteiger partial charge in [-0.05, 0) is 31.0 Å². The van der Waals surface area contributed by atoms with Crippen LogP contribution in [0.4, 0.5) is 11.4 Å². The van der Waals surface area contributed by atoms with E-state index >= 15 is 0 Å². The van der Waals surface area contributed by atoms with Gasteiger partial charge in [-0.25, -0.2) is 0 Å². The first-order valence-corrected chi connectivity index (χ1v) is 8.38. The molecule has 0 heterocycles. The van der Waals surface area contributed by atoms with Crippen molar-refractivity contribution in [2.45, 2.75) is 32.4 Å². The molecule has 0 saturated heterocycles. The average molecular weight is 312 g/mol. The molecule has 0 aromatic heterocycles. The predicted molar refractivity (Wildman–Crippen MR) is 88.0 cm³/mol. The molecule has 1 amide bonds. The molecule has 1 aromatic rings. The van der Waals surface area contributed by atoms with E-state index in [1.807, 2.05) is 13.8 Å². The maximum atomic E-state index is 12.2. The Labute approximate surface area is 128 Å². The summed E-state index contributed by atoms with van der Waals surface area (Å²) < 4.78 is 17.3. The topological polar surface area (TPSA) is 81.4 Å². The van der Waals surface area contributed by atoms with E-state index in [9.17, 15) is 9.00 Å². The molecule has 0 aliphatic heterocycles. The average Bonchev–Trinajstić information content (AvgIpc) is 2.46. The highest BCUT2D eigenvalue weighted by Crippen LogP contribution is 2.26. The van der Waals surface area contributed by atoms with Crippen LogP contribution in [-0.4, -0.2) is 28.2 Å². The molecule has 0 bridgehead atoms. The minimum absolute atomic E-state index is 0.291. The fourth-order valence-electron chi connectivity index (χ4n) is 1.72. The minimum Gasteiger partial charge on any atom is -0.495 e. The number of nitrogens with one attached hydrogen (secondary N) is 1. The normalized spacial score (nSPS) is 15.0. The van der Waals surface area contributed by atoms with E-state index in [1.165, 1.54) is 7.11 Å². The SMILES string of the molecule is CCC(C)CS(=O)C(C)C(=O)Nc1cc(N)ccc1OC. The number of nitrogen functional groups attached to an aromatic ring is 1. The molecule has 0 spiro atoms. The molecular weight excluding hydrogens is 288 g/mol. The predicted octanol–water partition coefficient (Wildman–Crippen LogP) is 2.40. The van der Waals surface area contributed by atoms with Crippen LogP contribution in [0.3, 0.4) is 0 Å². The Morgan fingerprint density at radius 2 is 2.10 bits per heavy atom. The molecule has 0 aliphatic carbocycles. The summed E-state index contributed by atoms with van der Waals surface area (Å²) in [4.78, 5) is 12.2. The molecule has 5 nitrogen and oxygen atoms in total. The van der Waals surface area contributed by atoms with Gasteiger partial charge in [0.2, 0.25) is 5.91 Å². The molecule has 1 rings (SSSR count). The highest BCUT2D eigenvalue weighted by atomic mass is 32.2. The van der Waals surface area contributed by atoms with Crippen molar-refractivity contribution >= 4 is 28.1 Å². The lowest BCUT2D eigenvalue weighted by molar-refractivity contribution is -0.115. The maximum absolute atomic E-state index is 12.2. The number of nitrogens with two attached hydrogens (primary N) is 1. The van der Waals surface area contributed by atoms with E-state index in [-0.39, 0.29) is 5.91 Å². The molecule has 0 aliphatic rings. The van der Waals surface area contributed by atoms with Crippen molar-refractivity contribution in [1.29, 1.82) is 0 Å². The number of carbonyl (C=O) groups is 1. The Bertz CT molecular complexity index is 520. The first kappa shape index (κ1) is 17.5. The van der Waals surface area contributed by atoms with Gasteiger partial charge < -0.3 is 15.8 Å². The molecular formula is C15H24N2O3S. The van der Waals surface area contributed by atoms with Gasteiger partial charge in [-0.15, -0.1) is 0 Å². The highest BCUT2D eigenvalue weighted by molar-refractivity contribution is 7.86. The number of carbonyl (C=O) groups excluding carboxylic acids is 1. The third kappa shape index (κ3) is 5.04. The van der Waals surface area contributed by atoms with Crippen molar-refractivity contribution in [2.24, 2.45) is 5.92 Å². The zero-order chi connectivity index (χ0) is 16.0. The first-order chi connectivity index (χ1) is 9.88. The summed E-state index contributed by atoms with van der Waals surface area (Å²) in [5.74, 6) is 1.10. The van der Waals surface area contributed by atoms with E-state index in [1.54, 1.807) is 25.1 Å². The van der Waals surface area contributed by atoms with Gasteiger partial charge in [0, 0.05) is 22.2 Å². The smallest absolute Gasteiger partial charge is 0.239 e. The van der Waals surface area contributed by atoms with E-state index < -0.39 is 16.0 Å². The molecule has 3 atom stereocenters. The molecule has 0 saturated carbocycles. The van der Waals surface area contributed by atoms with Crippen molar-refractivity contribution in [1.82, 2.24) is 0 Å². The quantitative estimate of drug-likeness (QED) is 0.758. The number of amides is 1. The summed E-state index contributed by atoms with van der Waals surface area (Å²) in [5, 5.41) is 2.16. The molecule has 3 unspecified atom stereocenters. The molecule has 21 heavy (non-hydrogen) atoms. The Hall–Kier alpha value is -1.56. The standard InChI is InChI=1S/C15H24N2O3S/c1-5-10(2)9-21(19)11(3)15(18)17-13-8-12(16)6-7-14(13)20-4/h6-8,10-11H,5,9,16H2,1-4H3,(H,17,18). The number of ether oxygens (including phenoxy) is 1. The van der Waals surface area contributed by atoms with Crippen molar-refractivity contribution in [3.05, 3.63) is 18.2 Å². The number of benzene rings is 1. The maximum Gasteiger partial charge on any atom is 0.239 e. The Morgan fingerprint density at radius 1 is 1.43 bits per heavy atom. The highest BCUT2D eigenvalue weighted by Gasteiger charge is 2.22. The number of hydrogen-bond donors (Lipinski definition) is 2. The second-order valence-corrected chi connectivity index (χ2v) is 6.95. The van der Waals surface area contributed by atoms with E-state index in [4.69, 9.17) is 10.5 Å². The van der Waals surface area contributed by atoms with Crippen molar-refractivity contribution < 1.29 is 13.7 Å². The van der Waals surface area contributed by atoms with Crippen molar-refractivity contribution in [3.8, 4) is 5.75 Å². The molecule has 0 fully saturated rings. The third-order valence-electron chi connectivity index (χ3n) is 3.39. The summed E-state index contributed by atoms with van der Waals surface area (Å²) in [7, 11) is 0.323. The summed E-state index contributed by atoms with van der Waals surface area (Å²) in [6.45, 7) is 5.75. The number of rotatable bonds is 7. The summed E-state index contributed by atoms with van der Waals surface area (Å²) in [6.07, 6.45) is 0.948. The number of hydrogen-bond acceptors (Lipinski definition) is 4. The lowest BCUT2D eigenvalue weighted by atomic mass is 10.2. The van der Waals surface area contributed by atoms with Gasteiger partial charge in [-0.3, -0.25) is 9.00 Å². The fraction of sp³-hybridized carbons (Fsp3) is 0.533. The Balaban J connectivity index is 2.76. The summed E-state index contributed by atoms with van der Waals surface area (Å²) in [5.41, 5.74) is 6.73.